The topological polar surface area (TPSA) is 122 Å². The van der Waals surface area contributed by atoms with Gasteiger partial charge < -0.3 is 25.2 Å². The molecule has 0 unspecified atom stereocenters. The number of aliphatic hydroxyl groups is 1. The lowest BCUT2D eigenvalue weighted by Crippen LogP contribution is -2.38. The van der Waals surface area contributed by atoms with Crippen molar-refractivity contribution in [1.82, 2.24) is 4.90 Å². The molecule has 0 radical (unpaired) electrons. The molecule has 2 fully saturated rings. The van der Waals surface area contributed by atoms with Gasteiger partial charge in [0.1, 0.15) is 12.4 Å². The van der Waals surface area contributed by atoms with Crippen LogP contribution in [0.25, 0.3) is 0 Å². The molecule has 3 N–H and O–H groups in total. The Labute approximate surface area is 260 Å². The van der Waals surface area contributed by atoms with E-state index in [1.54, 1.807) is 37.3 Å². The van der Waals surface area contributed by atoms with E-state index in [0.717, 1.165) is 75.8 Å². The summed E-state index contributed by atoms with van der Waals surface area (Å²) < 4.78 is 35.9. The summed E-state index contributed by atoms with van der Waals surface area (Å²) in [5.74, 6) is 0.281. The van der Waals surface area contributed by atoms with Crippen LogP contribution in [0.1, 0.15) is 46.3 Å². The molecular formula is C34H43N3O6S. The number of nitrogens with two attached hydrogens (primary N) is 1. The lowest BCUT2D eigenvalue weighted by atomic mass is 9.88. The largest absolute Gasteiger partial charge is 0.492 e. The van der Waals surface area contributed by atoms with Crippen LogP contribution in [-0.2, 0) is 21.0 Å². The van der Waals surface area contributed by atoms with Crippen molar-refractivity contribution in [3.05, 3.63) is 89.0 Å². The molecule has 236 valence electrons. The molecule has 0 aliphatic carbocycles. The number of hydrogen-bond acceptors (Lipinski definition) is 8. The Balaban J connectivity index is 1.23. The summed E-state index contributed by atoms with van der Waals surface area (Å²) >= 11 is 0. The van der Waals surface area contributed by atoms with Crippen molar-refractivity contribution in [1.29, 1.82) is 0 Å². The maximum atomic E-state index is 12.4. The number of aliphatic hydroxyl groups excluding tert-OH is 1. The maximum absolute atomic E-state index is 12.4. The van der Waals surface area contributed by atoms with E-state index in [9.17, 15) is 18.3 Å². The minimum absolute atomic E-state index is 0.00985. The van der Waals surface area contributed by atoms with Crippen LogP contribution in [0.5, 0.6) is 5.75 Å². The molecule has 3 aromatic carbocycles. The Hall–Kier alpha value is -3.44. The van der Waals surface area contributed by atoms with Crippen LogP contribution >= 0.6 is 0 Å². The molecule has 0 bridgehead atoms. The lowest BCUT2D eigenvalue weighted by Gasteiger charge is -2.26. The SMILES string of the molecule is CCS(=O)(=O)c1ccc([C@@H](CO)c2cc(N3CC[C@H](Cc4ccc(OCCN5CCOCC5)cc4)C3)ccc2C(N)=O)cc1. The first kappa shape index (κ1) is 32.0. The molecule has 5 rings (SSSR count). The number of benzene rings is 3. The van der Waals surface area contributed by atoms with Crippen molar-refractivity contribution in [2.24, 2.45) is 11.7 Å². The fourth-order valence-electron chi connectivity index (χ4n) is 6.12. The fraction of sp³-hybridized carbons (Fsp3) is 0.441. The first-order chi connectivity index (χ1) is 21.3. The van der Waals surface area contributed by atoms with Gasteiger partial charge in [-0.25, -0.2) is 8.42 Å². The number of sulfone groups is 1. The molecule has 9 nitrogen and oxygen atoms in total. The van der Waals surface area contributed by atoms with Crippen molar-refractivity contribution >= 4 is 21.4 Å². The summed E-state index contributed by atoms with van der Waals surface area (Å²) in [5, 5.41) is 10.4. The van der Waals surface area contributed by atoms with E-state index in [1.807, 2.05) is 12.1 Å². The molecule has 0 aromatic heterocycles. The van der Waals surface area contributed by atoms with Crippen LogP contribution in [0.2, 0.25) is 0 Å². The van der Waals surface area contributed by atoms with Gasteiger partial charge in [0.2, 0.25) is 5.91 Å². The lowest BCUT2D eigenvalue weighted by molar-refractivity contribution is 0.0322. The quantitative estimate of drug-likeness (QED) is 0.298. The van der Waals surface area contributed by atoms with Gasteiger partial charge in [-0.15, -0.1) is 0 Å². The zero-order valence-electron chi connectivity index (χ0n) is 25.4. The van der Waals surface area contributed by atoms with E-state index in [1.165, 1.54) is 5.56 Å². The van der Waals surface area contributed by atoms with E-state index < -0.39 is 21.7 Å². The van der Waals surface area contributed by atoms with Gasteiger partial charge in [-0.2, -0.15) is 0 Å². The number of anilines is 1. The van der Waals surface area contributed by atoms with Gasteiger partial charge in [0.25, 0.3) is 0 Å². The molecule has 2 aliphatic heterocycles. The monoisotopic (exact) mass is 621 g/mol. The normalized spacial score (nSPS) is 18.3. The minimum Gasteiger partial charge on any atom is -0.492 e. The van der Waals surface area contributed by atoms with E-state index in [4.69, 9.17) is 15.2 Å². The van der Waals surface area contributed by atoms with Gasteiger partial charge in [0.05, 0.1) is 30.5 Å². The highest BCUT2D eigenvalue weighted by Crippen LogP contribution is 2.34. The van der Waals surface area contributed by atoms with Gasteiger partial charge in [0.15, 0.2) is 9.84 Å². The van der Waals surface area contributed by atoms with Crippen LogP contribution < -0.4 is 15.4 Å². The van der Waals surface area contributed by atoms with Crippen LogP contribution in [0, 0.1) is 5.92 Å². The third-order valence-corrected chi connectivity index (χ3v) is 10.5. The maximum Gasteiger partial charge on any atom is 0.249 e. The number of rotatable bonds is 13. The van der Waals surface area contributed by atoms with Crippen LogP contribution in [0.4, 0.5) is 5.69 Å². The van der Waals surface area contributed by atoms with Crippen molar-refractivity contribution in [2.45, 2.75) is 30.6 Å². The third-order valence-electron chi connectivity index (χ3n) is 8.76. The van der Waals surface area contributed by atoms with Crippen LogP contribution in [-0.4, -0.2) is 89.2 Å². The summed E-state index contributed by atoms with van der Waals surface area (Å²) in [7, 11) is -3.34. The minimum atomic E-state index is -3.34. The van der Waals surface area contributed by atoms with Crippen LogP contribution in [0.15, 0.2) is 71.6 Å². The second kappa shape index (κ2) is 14.6. The smallest absolute Gasteiger partial charge is 0.249 e. The summed E-state index contributed by atoms with van der Waals surface area (Å²) in [6, 6.07) is 20.5. The molecule has 0 saturated carbocycles. The predicted octanol–water partition coefficient (Wildman–Crippen LogP) is 3.48. The Kier molecular flexibility index (Phi) is 10.6. The van der Waals surface area contributed by atoms with Gasteiger partial charge in [0, 0.05) is 49.9 Å². The van der Waals surface area contributed by atoms with Crippen molar-refractivity contribution in [3.8, 4) is 5.75 Å². The Morgan fingerprint density at radius 3 is 2.43 bits per heavy atom. The molecule has 0 spiro atoms. The van der Waals surface area contributed by atoms with E-state index in [-0.39, 0.29) is 17.3 Å². The summed E-state index contributed by atoms with van der Waals surface area (Å²) in [6.45, 7) is 8.18. The highest BCUT2D eigenvalue weighted by Gasteiger charge is 2.26. The number of carbonyl (C=O) groups is 1. The fourth-order valence-corrected chi connectivity index (χ4v) is 7.01. The molecule has 2 aliphatic rings. The van der Waals surface area contributed by atoms with Crippen molar-refractivity contribution in [2.75, 3.05) is 69.8 Å². The number of primary amides is 1. The number of morpholine rings is 1. The highest BCUT2D eigenvalue weighted by molar-refractivity contribution is 7.91. The van der Waals surface area contributed by atoms with E-state index in [2.05, 4.69) is 34.1 Å². The van der Waals surface area contributed by atoms with E-state index >= 15 is 0 Å². The predicted molar refractivity (Wildman–Crippen MR) is 171 cm³/mol. The van der Waals surface area contributed by atoms with Crippen molar-refractivity contribution < 1.29 is 27.8 Å². The first-order valence-electron chi connectivity index (χ1n) is 15.4. The van der Waals surface area contributed by atoms with Gasteiger partial charge in [-0.3, -0.25) is 9.69 Å². The number of amides is 1. The molecule has 1 amide bonds. The molecule has 2 atom stereocenters. The zero-order valence-corrected chi connectivity index (χ0v) is 26.2. The average Bonchev–Trinajstić information content (AvgIpc) is 3.51. The second-order valence-electron chi connectivity index (χ2n) is 11.6. The first-order valence-corrected chi connectivity index (χ1v) is 17.1. The van der Waals surface area contributed by atoms with Gasteiger partial charge in [-0.1, -0.05) is 31.2 Å². The molecule has 2 heterocycles. The Morgan fingerprint density at radius 2 is 1.77 bits per heavy atom. The molecular weight excluding hydrogens is 578 g/mol. The van der Waals surface area contributed by atoms with Gasteiger partial charge in [-0.05, 0) is 77.9 Å². The summed E-state index contributed by atoms with van der Waals surface area (Å²) in [5.41, 5.74) is 9.69. The van der Waals surface area contributed by atoms with Crippen molar-refractivity contribution in [3.63, 3.8) is 0 Å². The number of carbonyl (C=O) groups excluding carboxylic acids is 1. The molecule has 2 saturated heterocycles. The molecule has 3 aromatic rings. The summed E-state index contributed by atoms with van der Waals surface area (Å²) in [4.78, 5) is 17.3. The van der Waals surface area contributed by atoms with Crippen LogP contribution in [0.3, 0.4) is 0 Å². The summed E-state index contributed by atoms with van der Waals surface area (Å²) in [6.07, 6.45) is 2.00. The number of nitrogens with zero attached hydrogens (tertiary/aromatic N) is 2. The highest BCUT2D eigenvalue weighted by atomic mass is 32.2. The number of hydrogen-bond donors (Lipinski definition) is 2. The second-order valence-corrected chi connectivity index (χ2v) is 13.9. The molecule has 44 heavy (non-hydrogen) atoms. The average molecular weight is 622 g/mol. The third kappa shape index (κ3) is 7.79. The Morgan fingerprint density at radius 1 is 1.05 bits per heavy atom. The van der Waals surface area contributed by atoms with E-state index in [0.29, 0.717) is 23.7 Å². The number of ether oxygens (including phenoxy) is 2. The Bertz CT molecular complexity index is 1500. The zero-order chi connectivity index (χ0) is 31.1. The molecule has 10 heteroatoms. The van der Waals surface area contributed by atoms with Gasteiger partial charge >= 0.3 is 0 Å². The standard InChI is InChI=1S/C34H43N3O6S/c1-2-44(40,41)30-10-5-27(6-11-30)33(24-38)32-22-28(7-12-31(32)34(35)39)37-14-13-26(23-37)21-25-3-8-29(9-4-25)43-20-17-36-15-18-42-19-16-36/h3-12,22,26,33,38H,2,13-21,23-24H2,1H3,(H2,35,39)/t26-,33-/m1/s1.